The van der Waals surface area contributed by atoms with Crippen molar-refractivity contribution in [2.75, 3.05) is 5.75 Å². The molecule has 4 heteroatoms. The van der Waals surface area contributed by atoms with Crippen LogP contribution in [0.2, 0.25) is 0 Å². The Hall–Kier alpha value is -0.870. The molecule has 2 N–H and O–H groups in total. The van der Waals surface area contributed by atoms with E-state index in [-0.39, 0.29) is 17.2 Å². The Morgan fingerprint density at radius 3 is 2.06 bits per heavy atom. The summed E-state index contributed by atoms with van der Waals surface area (Å²) in [4.78, 5) is 0.350. The van der Waals surface area contributed by atoms with Crippen LogP contribution in [0.15, 0.2) is 29.2 Å². The fourth-order valence-electron chi connectivity index (χ4n) is 1.33. The molecule has 1 rings (SSSR count). The smallest absolute Gasteiger partial charge is 0.179 e. The van der Waals surface area contributed by atoms with Crippen molar-refractivity contribution in [1.29, 1.82) is 0 Å². The van der Waals surface area contributed by atoms with Crippen molar-refractivity contribution in [1.82, 2.24) is 0 Å². The first-order valence-corrected chi connectivity index (χ1v) is 7.33. The highest BCUT2D eigenvalue weighted by Crippen LogP contribution is 2.21. The van der Waals surface area contributed by atoms with Gasteiger partial charge in [-0.2, -0.15) is 0 Å². The van der Waals surface area contributed by atoms with Crippen LogP contribution >= 0.6 is 0 Å². The molecule has 17 heavy (non-hydrogen) atoms. The molecule has 0 aliphatic heterocycles. The van der Waals surface area contributed by atoms with Crippen LogP contribution in [-0.2, 0) is 9.84 Å². The third-order valence-electron chi connectivity index (χ3n) is 2.89. The second-order valence-corrected chi connectivity index (χ2v) is 7.60. The Morgan fingerprint density at radius 2 is 1.65 bits per heavy atom. The molecule has 3 nitrogen and oxygen atoms in total. The molecule has 0 aliphatic carbocycles. The van der Waals surface area contributed by atoms with Gasteiger partial charge in [-0.05, 0) is 24.5 Å². The lowest BCUT2D eigenvalue weighted by Gasteiger charge is -2.26. The van der Waals surface area contributed by atoms with E-state index < -0.39 is 9.84 Å². The van der Waals surface area contributed by atoms with Crippen molar-refractivity contribution >= 4 is 9.84 Å². The van der Waals surface area contributed by atoms with Crippen molar-refractivity contribution in [3.8, 4) is 0 Å². The fourth-order valence-corrected chi connectivity index (χ4v) is 3.04. The van der Waals surface area contributed by atoms with Crippen LogP contribution in [0.3, 0.4) is 0 Å². The third-order valence-corrected chi connectivity index (χ3v) is 4.68. The lowest BCUT2D eigenvalue weighted by atomic mass is 9.89. The van der Waals surface area contributed by atoms with E-state index in [2.05, 4.69) is 0 Å². The summed E-state index contributed by atoms with van der Waals surface area (Å²) in [5, 5.41) is 0. The van der Waals surface area contributed by atoms with Gasteiger partial charge in [0.05, 0.1) is 10.6 Å². The molecule has 0 heterocycles. The van der Waals surface area contributed by atoms with Crippen LogP contribution in [-0.4, -0.2) is 20.2 Å². The molecule has 0 radical (unpaired) electrons. The predicted molar refractivity (Wildman–Crippen MR) is 70.7 cm³/mol. The van der Waals surface area contributed by atoms with Gasteiger partial charge in [-0.1, -0.05) is 38.5 Å². The number of nitrogens with two attached hydrogens (primary N) is 1. The van der Waals surface area contributed by atoms with Gasteiger partial charge in [0.25, 0.3) is 0 Å². The molecule has 0 amide bonds. The minimum absolute atomic E-state index is 0.0143. The summed E-state index contributed by atoms with van der Waals surface area (Å²) in [5.41, 5.74) is 6.76. The highest BCUT2D eigenvalue weighted by molar-refractivity contribution is 7.91. The van der Waals surface area contributed by atoms with Crippen molar-refractivity contribution in [3.05, 3.63) is 29.8 Å². The Balaban J connectivity index is 2.94. The van der Waals surface area contributed by atoms with E-state index in [0.29, 0.717) is 4.90 Å². The lowest BCUT2D eigenvalue weighted by Crippen LogP contribution is -2.41. The van der Waals surface area contributed by atoms with Crippen molar-refractivity contribution < 1.29 is 8.42 Å². The Morgan fingerprint density at radius 1 is 1.18 bits per heavy atom. The molecule has 1 aromatic rings. The van der Waals surface area contributed by atoms with Crippen molar-refractivity contribution in [2.24, 2.45) is 11.1 Å². The molecule has 0 fully saturated rings. The van der Waals surface area contributed by atoms with E-state index in [1.54, 1.807) is 24.3 Å². The van der Waals surface area contributed by atoms with Gasteiger partial charge in [-0.3, -0.25) is 0 Å². The quantitative estimate of drug-likeness (QED) is 0.900. The standard InChI is InChI=1S/C13H21NO2S/c1-10-5-7-11(8-6-10)17(15,16)9-12(14)13(2,3)4/h5-8,12H,9,14H2,1-4H3. The molecule has 0 aromatic heterocycles. The van der Waals surface area contributed by atoms with Crippen molar-refractivity contribution in [2.45, 2.75) is 38.6 Å². The summed E-state index contributed by atoms with van der Waals surface area (Å²) in [5.74, 6) is -0.0143. The van der Waals surface area contributed by atoms with Gasteiger partial charge in [-0.15, -0.1) is 0 Å². The van der Waals surface area contributed by atoms with Crippen LogP contribution in [0.5, 0.6) is 0 Å². The van der Waals surface area contributed by atoms with Crippen LogP contribution in [0.4, 0.5) is 0 Å². The van der Waals surface area contributed by atoms with Gasteiger partial charge in [0.2, 0.25) is 0 Å². The molecule has 96 valence electrons. The number of hydrogen-bond donors (Lipinski definition) is 1. The second kappa shape index (κ2) is 4.78. The first kappa shape index (κ1) is 14.2. The average Bonchev–Trinajstić information content (AvgIpc) is 2.16. The van der Waals surface area contributed by atoms with Gasteiger partial charge in [-0.25, -0.2) is 8.42 Å². The van der Waals surface area contributed by atoms with Gasteiger partial charge in [0.1, 0.15) is 0 Å². The number of sulfone groups is 1. The Kier molecular flexibility index (Phi) is 3.99. The lowest BCUT2D eigenvalue weighted by molar-refractivity contribution is 0.340. The Labute approximate surface area is 104 Å². The van der Waals surface area contributed by atoms with Crippen LogP contribution in [0, 0.1) is 12.3 Å². The molecule has 0 bridgehead atoms. The van der Waals surface area contributed by atoms with Crippen molar-refractivity contribution in [3.63, 3.8) is 0 Å². The molecule has 0 aliphatic rings. The number of hydrogen-bond acceptors (Lipinski definition) is 3. The van der Waals surface area contributed by atoms with E-state index in [1.807, 2.05) is 27.7 Å². The minimum atomic E-state index is -3.28. The normalized spacial score (nSPS) is 14.6. The summed E-state index contributed by atoms with van der Waals surface area (Å²) in [6, 6.07) is 6.51. The maximum absolute atomic E-state index is 12.1. The summed E-state index contributed by atoms with van der Waals surface area (Å²) < 4.78 is 24.2. The van der Waals surface area contributed by atoms with Gasteiger partial charge in [0, 0.05) is 6.04 Å². The summed E-state index contributed by atoms with van der Waals surface area (Å²) in [6.07, 6.45) is 0. The highest BCUT2D eigenvalue weighted by Gasteiger charge is 2.27. The molecule has 1 unspecified atom stereocenters. The molecule has 1 atom stereocenters. The van der Waals surface area contributed by atoms with E-state index in [1.165, 1.54) is 0 Å². The SMILES string of the molecule is Cc1ccc(S(=O)(=O)CC(N)C(C)(C)C)cc1. The topological polar surface area (TPSA) is 60.2 Å². The fraction of sp³-hybridized carbons (Fsp3) is 0.538. The highest BCUT2D eigenvalue weighted by atomic mass is 32.2. The Bertz CT molecular complexity index is 469. The molecule has 0 saturated heterocycles. The van der Waals surface area contributed by atoms with Crippen LogP contribution in [0.25, 0.3) is 0 Å². The maximum Gasteiger partial charge on any atom is 0.179 e. The van der Waals surface area contributed by atoms with Gasteiger partial charge >= 0.3 is 0 Å². The molecular formula is C13H21NO2S. The first-order valence-electron chi connectivity index (χ1n) is 5.68. The van der Waals surface area contributed by atoms with Gasteiger partial charge in [0.15, 0.2) is 9.84 Å². The van der Waals surface area contributed by atoms with E-state index in [9.17, 15) is 8.42 Å². The van der Waals surface area contributed by atoms with Gasteiger partial charge < -0.3 is 5.73 Å². The van der Waals surface area contributed by atoms with E-state index in [4.69, 9.17) is 5.73 Å². The summed E-state index contributed by atoms with van der Waals surface area (Å²) >= 11 is 0. The zero-order valence-electron chi connectivity index (χ0n) is 10.9. The number of benzene rings is 1. The third kappa shape index (κ3) is 3.82. The van der Waals surface area contributed by atoms with E-state index in [0.717, 1.165) is 5.56 Å². The maximum atomic E-state index is 12.1. The average molecular weight is 255 g/mol. The monoisotopic (exact) mass is 255 g/mol. The number of rotatable bonds is 3. The summed E-state index contributed by atoms with van der Waals surface area (Å²) in [7, 11) is -3.28. The largest absolute Gasteiger partial charge is 0.326 e. The van der Waals surface area contributed by atoms with Crippen LogP contribution in [0.1, 0.15) is 26.3 Å². The molecule has 1 aromatic carbocycles. The molecule has 0 spiro atoms. The molecule has 0 saturated carbocycles. The molecular weight excluding hydrogens is 234 g/mol. The zero-order valence-corrected chi connectivity index (χ0v) is 11.7. The minimum Gasteiger partial charge on any atom is -0.326 e. The number of aryl methyl sites for hydroxylation is 1. The summed E-state index contributed by atoms with van der Waals surface area (Å²) in [6.45, 7) is 7.77. The van der Waals surface area contributed by atoms with Crippen LogP contribution < -0.4 is 5.73 Å². The predicted octanol–water partition coefficient (Wildman–Crippen LogP) is 2.14. The first-order chi connectivity index (χ1) is 7.63. The second-order valence-electron chi connectivity index (χ2n) is 5.57. The zero-order chi connectivity index (χ0) is 13.3. The van der Waals surface area contributed by atoms with E-state index >= 15 is 0 Å².